The van der Waals surface area contributed by atoms with Crippen LogP contribution in [0.5, 0.6) is 0 Å². The Kier molecular flexibility index (Phi) is 4.93. The summed E-state index contributed by atoms with van der Waals surface area (Å²) in [5.41, 5.74) is 2.51. The van der Waals surface area contributed by atoms with Crippen LogP contribution in [0.1, 0.15) is 43.0 Å². The number of H-pyrrole nitrogens is 1. The molecule has 3 aromatic rings. The van der Waals surface area contributed by atoms with Crippen molar-refractivity contribution in [2.45, 2.75) is 49.3 Å². The van der Waals surface area contributed by atoms with Gasteiger partial charge in [0.1, 0.15) is 23.1 Å². The number of alkyl halides is 2. The van der Waals surface area contributed by atoms with E-state index in [2.05, 4.69) is 25.6 Å². The van der Waals surface area contributed by atoms with Crippen molar-refractivity contribution in [2.75, 3.05) is 16.9 Å². The molecule has 33 heavy (non-hydrogen) atoms. The average Bonchev–Trinajstić information content (AvgIpc) is 3.14. The van der Waals surface area contributed by atoms with Gasteiger partial charge < -0.3 is 15.6 Å². The van der Waals surface area contributed by atoms with Crippen molar-refractivity contribution in [1.82, 2.24) is 15.0 Å². The van der Waals surface area contributed by atoms with Crippen LogP contribution in [0.15, 0.2) is 29.2 Å². The summed E-state index contributed by atoms with van der Waals surface area (Å²) in [6.45, 7) is 1.73. The van der Waals surface area contributed by atoms with Gasteiger partial charge in [-0.05, 0) is 43.4 Å². The molecule has 8 nitrogen and oxygen atoms in total. The molecule has 2 aliphatic rings. The number of imidazole rings is 1. The molecule has 0 unspecified atom stereocenters. The Hall–Kier alpha value is -3.08. The van der Waals surface area contributed by atoms with E-state index in [-0.39, 0.29) is 10.7 Å². The number of rotatable bonds is 6. The fourth-order valence-electron chi connectivity index (χ4n) is 4.07. The molecule has 2 heterocycles. The first kappa shape index (κ1) is 21.7. The predicted octanol–water partition coefficient (Wildman–Crippen LogP) is 4.27. The lowest BCUT2D eigenvalue weighted by molar-refractivity contribution is -0.119. The van der Waals surface area contributed by atoms with E-state index in [9.17, 15) is 22.0 Å². The van der Waals surface area contributed by atoms with Crippen molar-refractivity contribution in [3.8, 4) is 0 Å². The number of nitrogens with zero attached hydrogens (tertiary/aromatic N) is 2. The van der Waals surface area contributed by atoms with E-state index in [0.29, 0.717) is 34.3 Å². The highest BCUT2D eigenvalue weighted by molar-refractivity contribution is 7.90. The largest absolute Gasteiger partial charge is 0.352 e. The van der Waals surface area contributed by atoms with Crippen LogP contribution >= 0.6 is 0 Å². The van der Waals surface area contributed by atoms with Gasteiger partial charge in [0.25, 0.3) is 5.92 Å². The molecule has 0 aliphatic heterocycles. The summed E-state index contributed by atoms with van der Waals surface area (Å²) in [4.78, 5) is 24.0. The number of aromatic nitrogens is 3. The Bertz CT molecular complexity index is 1380. The maximum atomic E-state index is 13.3. The van der Waals surface area contributed by atoms with Crippen molar-refractivity contribution in [3.05, 3.63) is 35.7 Å². The van der Waals surface area contributed by atoms with Crippen LogP contribution in [-0.4, -0.2) is 41.5 Å². The number of halogens is 2. The summed E-state index contributed by atoms with van der Waals surface area (Å²) in [5.74, 6) is -4.19. The number of carbonyl (C=O) groups is 1. The molecule has 0 bridgehead atoms. The van der Waals surface area contributed by atoms with E-state index in [0.717, 1.165) is 31.1 Å². The molecule has 0 saturated heterocycles. The zero-order valence-corrected chi connectivity index (χ0v) is 18.9. The molecule has 0 radical (unpaired) electrons. The molecule has 3 N–H and O–H groups in total. The van der Waals surface area contributed by atoms with Crippen molar-refractivity contribution < 1.29 is 22.0 Å². The summed E-state index contributed by atoms with van der Waals surface area (Å²) >= 11 is 0. The van der Waals surface area contributed by atoms with Crippen molar-refractivity contribution >= 4 is 44.1 Å². The summed E-state index contributed by atoms with van der Waals surface area (Å²) < 4.78 is 51.7. The molecule has 1 amide bonds. The van der Waals surface area contributed by atoms with Gasteiger partial charge in [-0.15, -0.1) is 0 Å². The van der Waals surface area contributed by atoms with E-state index in [4.69, 9.17) is 0 Å². The highest BCUT2D eigenvalue weighted by atomic mass is 32.2. The minimum Gasteiger partial charge on any atom is -0.352 e. The number of amides is 1. The van der Waals surface area contributed by atoms with Gasteiger partial charge in [0.15, 0.2) is 15.5 Å². The molecular formula is C22H23F2N5O3S. The van der Waals surface area contributed by atoms with Gasteiger partial charge in [0.2, 0.25) is 5.91 Å². The van der Waals surface area contributed by atoms with E-state index < -0.39 is 34.0 Å². The topological polar surface area (TPSA) is 117 Å². The highest BCUT2D eigenvalue weighted by Crippen LogP contribution is 2.49. The Morgan fingerprint density at radius 1 is 1.18 bits per heavy atom. The second-order valence-electron chi connectivity index (χ2n) is 8.86. The first-order chi connectivity index (χ1) is 15.5. The van der Waals surface area contributed by atoms with Crippen LogP contribution in [0.4, 0.5) is 26.0 Å². The number of fused-ring (bicyclic) bond motifs is 1. The molecule has 2 aliphatic carbocycles. The molecule has 0 spiro atoms. The SMILES string of the molecule is Cc1nc2c(Nc3ccc(C4CCC4)cc3S(C)(=O)=O)cc(NC(=O)[C@H]3CC3(F)F)nc2[nH]1. The Morgan fingerprint density at radius 3 is 2.52 bits per heavy atom. The van der Waals surface area contributed by atoms with E-state index in [1.165, 1.54) is 6.07 Å². The average molecular weight is 476 g/mol. The second kappa shape index (κ2) is 7.47. The van der Waals surface area contributed by atoms with Crippen molar-refractivity contribution in [3.63, 3.8) is 0 Å². The van der Waals surface area contributed by atoms with Crippen LogP contribution in [0.25, 0.3) is 11.2 Å². The fourth-order valence-corrected chi connectivity index (χ4v) is 4.93. The molecule has 2 aromatic heterocycles. The molecule has 1 aromatic carbocycles. The Labute approximate surface area is 189 Å². The van der Waals surface area contributed by atoms with E-state index in [1.54, 1.807) is 19.1 Å². The van der Waals surface area contributed by atoms with Crippen molar-refractivity contribution in [2.24, 2.45) is 5.92 Å². The van der Waals surface area contributed by atoms with Crippen LogP contribution < -0.4 is 10.6 Å². The van der Waals surface area contributed by atoms with Crippen LogP contribution in [0.2, 0.25) is 0 Å². The molecule has 2 saturated carbocycles. The summed E-state index contributed by atoms with van der Waals surface area (Å²) in [5, 5.41) is 5.55. The van der Waals surface area contributed by atoms with Crippen molar-refractivity contribution in [1.29, 1.82) is 0 Å². The smallest absolute Gasteiger partial charge is 0.260 e. The number of nitrogens with one attached hydrogen (secondary N) is 3. The second-order valence-corrected chi connectivity index (χ2v) is 10.8. The van der Waals surface area contributed by atoms with Gasteiger partial charge in [0, 0.05) is 18.7 Å². The zero-order chi connectivity index (χ0) is 23.5. The lowest BCUT2D eigenvalue weighted by Crippen LogP contribution is -2.18. The number of anilines is 3. The third-order valence-corrected chi connectivity index (χ3v) is 7.35. The standard InChI is InChI=1S/C22H23F2N5O3S/c1-11-25-19-16(9-18(28-20(19)26-11)29-21(30)14-10-22(14,23)24)27-15-7-6-13(12-4-3-5-12)8-17(15)33(2,31)32/h6-9,12,14H,3-5,10H2,1-2H3,(H3,25,26,27,28,29,30)/t14-/m1/s1. The summed E-state index contributed by atoms with van der Waals surface area (Å²) in [6, 6.07) is 6.80. The quantitative estimate of drug-likeness (QED) is 0.490. The summed E-state index contributed by atoms with van der Waals surface area (Å²) in [6.07, 6.45) is 3.88. The number of aryl methyl sites for hydroxylation is 1. The lowest BCUT2D eigenvalue weighted by Gasteiger charge is -2.26. The van der Waals surface area contributed by atoms with Gasteiger partial charge in [-0.1, -0.05) is 12.5 Å². The number of pyridine rings is 1. The first-order valence-corrected chi connectivity index (χ1v) is 12.6. The number of hydrogen-bond acceptors (Lipinski definition) is 6. The number of sulfone groups is 1. The highest BCUT2D eigenvalue weighted by Gasteiger charge is 2.61. The maximum Gasteiger partial charge on any atom is 0.260 e. The molecule has 1 atom stereocenters. The van der Waals surface area contributed by atoms with Gasteiger partial charge >= 0.3 is 0 Å². The van der Waals surface area contributed by atoms with Gasteiger partial charge in [-0.2, -0.15) is 0 Å². The Balaban J connectivity index is 1.52. The first-order valence-electron chi connectivity index (χ1n) is 10.7. The molecular weight excluding hydrogens is 452 g/mol. The predicted molar refractivity (Wildman–Crippen MR) is 120 cm³/mol. The summed E-state index contributed by atoms with van der Waals surface area (Å²) in [7, 11) is -3.55. The minimum atomic E-state index is -3.55. The van der Waals surface area contributed by atoms with Crippen LogP contribution in [-0.2, 0) is 14.6 Å². The monoisotopic (exact) mass is 475 g/mol. The van der Waals surface area contributed by atoms with Gasteiger partial charge in [-0.25, -0.2) is 27.2 Å². The van der Waals surface area contributed by atoms with Crippen LogP contribution in [0, 0.1) is 12.8 Å². The number of benzene rings is 1. The third kappa shape index (κ3) is 4.17. The normalized spacial score (nSPS) is 19.8. The van der Waals surface area contributed by atoms with E-state index in [1.807, 2.05) is 6.07 Å². The fraction of sp³-hybridized carbons (Fsp3) is 0.409. The zero-order valence-electron chi connectivity index (χ0n) is 18.1. The van der Waals surface area contributed by atoms with E-state index >= 15 is 0 Å². The minimum absolute atomic E-state index is 0.0633. The molecule has 174 valence electrons. The van der Waals surface area contributed by atoms with Gasteiger partial charge in [0.05, 0.1) is 16.3 Å². The number of carbonyl (C=O) groups excluding carboxylic acids is 1. The number of hydrogen-bond donors (Lipinski definition) is 3. The Morgan fingerprint density at radius 2 is 1.91 bits per heavy atom. The molecule has 5 rings (SSSR count). The maximum absolute atomic E-state index is 13.3. The number of aromatic amines is 1. The third-order valence-electron chi connectivity index (χ3n) is 6.22. The van der Waals surface area contributed by atoms with Gasteiger partial charge in [-0.3, -0.25) is 4.79 Å². The molecule has 11 heteroatoms. The van der Waals surface area contributed by atoms with Crippen LogP contribution in [0.3, 0.4) is 0 Å². The lowest BCUT2D eigenvalue weighted by atomic mass is 9.80. The molecule has 2 fully saturated rings.